The van der Waals surface area contributed by atoms with Gasteiger partial charge in [-0.15, -0.1) is 0 Å². The number of aromatic nitrogens is 2. The van der Waals surface area contributed by atoms with E-state index in [1.165, 1.54) is 0 Å². The number of nitrogens with one attached hydrogen (secondary N) is 1. The minimum absolute atomic E-state index is 0.0860. The molecule has 1 N–H and O–H groups in total. The molecule has 0 bridgehead atoms. The number of carbonyl (C=O) groups is 1. The number of benzene rings is 1. The van der Waals surface area contributed by atoms with Gasteiger partial charge in [-0.25, -0.2) is 0 Å². The van der Waals surface area contributed by atoms with Gasteiger partial charge in [-0.05, 0) is 49.7 Å². The molecule has 1 aromatic carbocycles. The summed E-state index contributed by atoms with van der Waals surface area (Å²) in [5.41, 5.74) is 0.983. The van der Waals surface area contributed by atoms with Gasteiger partial charge in [-0.2, -0.15) is 4.98 Å². The fraction of sp³-hybridized carbons (Fsp3) is 0.458. The molecule has 33 heavy (non-hydrogen) atoms. The largest absolute Gasteiger partial charge is 0.492 e. The SMILES string of the molecule is CN(CCOc1cccc(CNC(=O)CCc2nc(-c3ccco3)no2)c1)C1CCOCC1. The number of ether oxygens (including phenoxy) is 2. The van der Waals surface area contributed by atoms with Gasteiger partial charge in [-0.1, -0.05) is 17.3 Å². The highest BCUT2D eigenvalue weighted by Crippen LogP contribution is 2.17. The Morgan fingerprint density at radius 1 is 1.24 bits per heavy atom. The average molecular weight is 455 g/mol. The molecule has 0 saturated carbocycles. The zero-order chi connectivity index (χ0) is 22.9. The second kappa shape index (κ2) is 11.6. The van der Waals surface area contributed by atoms with E-state index in [1.807, 2.05) is 24.3 Å². The van der Waals surface area contributed by atoms with Gasteiger partial charge in [0, 0.05) is 45.2 Å². The first-order chi connectivity index (χ1) is 16.2. The summed E-state index contributed by atoms with van der Waals surface area (Å²) in [6.07, 6.45) is 4.31. The molecule has 176 valence electrons. The number of furan rings is 1. The van der Waals surface area contributed by atoms with Crippen LogP contribution in [0.4, 0.5) is 0 Å². The highest BCUT2D eigenvalue weighted by molar-refractivity contribution is 5.76. The van der Waals surface area contributed by atoms with Gasteiger partial charge < -0.3 is 23.7 Å². The molecule has 3 heterocycles. The normalized spacial score (nSPS) is 14.5. The molecule has 2 aromatic heterocycles. The lowest BCUT2D eigenvalue weighted by atomic mass is 10.1. The summed E-state index contributed by atoms with van der Waals surface area (Å²) in [6, 6.07) is 11.9. The maximum absolute atomic E-state index is 12.2. The third-order valence-corrected chi connectivity index (χ3v) is 5.69. The first kappa shape index (κ1) is 23.0. The summed E-state index contributed by atoms with van der Waals surface area (Å²) in [7, 11) is 2.14. The topological polar surface area (TPSA) is 103 Å². The Bertz CT molecular complexity index is 998. The van der Waals surface area contributed by atoms with E-state index < -0.39 is 0 Å². The number of amides is 1. The molecule has 0 atom stereocenters. The van der Waals surface area contributed by atoms with Crippen molar-refractivity contribution in [2.45, 2.75) is 38.3 Å². The summed E-state index contributed by atoms with van der Waals surface area (Å²) >= 11 is 0. The van der Waals surface area contributed by atoms with Gasteiger partial charge in [0.15, 0.2) is 5.76 Å². The Kier molecular flexibility index (Phi) is 8.10. The molecular formula is C24H30N4O5. The third-order valence-electron chi connectivity index (χ3n) is 5.69. The summed E-state index contributed by atoms with van der Waals surface area (Å²) in [5.74, 6) is 2.03. The average Bonchev–Trinajstić information content (AvgIpc) is 3.54. The molecule has 9 nitrogen and oxygen atoms in total. The Labute approximate surface area is 193 Å². The molecule has 3 aromatic rings. The molecule has 4 rings (SSSR count). The van der Waals surface area contributed by atoms with Crippen molar-refractivity contribution >= 4 is 5.91 Å². The highest BCUT2D eigenvalue weighted by Gasteiger charge is 2.18. The number of aryl methyl sites for hydroxylation is 1. The van der Waals surface area contributed by atoms with Crippen molar-refractivity contribution in [1.82, 2.24) is 20.4 Å². The minimum atomic E-state index is -0.0860. The van der Waals surface area contributed by atoms with Crippen LogP contribution in [0.5, 0.6) is 5.75 Å². The fourth-order valence-corrected chi connectivity index (χ4v) is 3.73. The lowest BCUT2D eigenvalue weighted by Crippen LogP contribution is -2.38. The first-order valence-electron chi connectivity index (χ1n) is 11.3. The van der Waals surface area contributed by atoms with Crippen LogP contribution in [0.25, 0.3) is 11.6 Å². The van der Waals surface area contributed by atoms with Crippen LogP contribution in [-0.2, 0) is 22.5 Å². The monoisotopic (exact) mass is 454 g/mol. The highest BCUT2D eigenvalue weighted by atomic mass is 16.5. The smallest absolute Gasteiger partial charge is 0.238 e. The van der Waals surface area contributed by atoms with Crippen LogP contribution in [0.15, 0.2) is 51.6 Å². The van der Waals surface area contributed by atoms with E-state index in [9.17, 15) is 4.79 Å². The van der Waals surface area contributed by atoms with Crippen LogP contribution in [0.3, 0.4) is 0 Å². The zero-order valence-electron chi connectivity index (χ0n) is 18.9. The Balaban J connectivity index is 1.16. The van der Waals surface area contributed by atoms with E-state index >= 15 is 0 Å². The van der Waals surface area contributed by atoms with Crippen molar-refractivity contribution < 1.29 is 23.2 Å². The summed E-state index contributed by atoms with van der Waals surface area (Å²) in [5, 5.41) is 6.79. The maximum Gasteiger partial charge on any atom is 0.238 e. The van der Waals surface area contributed by atoms with Crippen molar-refractivity contribution in [1.29, 1.82) is 0 Å². The quantitative estimate of drug-likeness (QED) is 0.472. The summed E-state index contributed by atoms with van der Waals surface area (Å²) in [6.45, 7) is 3.59. The number of likely N-dealkylation sites (N-methyl/N-ethyl adjacent to an activating group) is 1. The van der Waals surface area contributed by atoms with Gasteiger partial charge in [0.2, 0.25) is 17.6 Å². The van der Waals surface area contributed by atoms with Crippen LogP contribution in [0.2, 0.25) is 0 Å². The lowest BCUT2D eigenvalue weighted by Gasteiger charge is -2.31. The molecule has 1 amide bonds. The molecule has 0 spiro atoms. The number of nitrogens with zero attached hydrogens (tertiary/aromatic N) is 3. The van der Waals surface area contributed by atoms with E-state index in [2.05, 4.69) is 27.4 Å². The van der Waals surface area contributed by atoms with Gasteiger partial charge >= 0.3 is 0 Å². The molecule has 1 aliphatic rings. The number of rotatable bonds is 11. The van der Waals surface area contributed by atoms with Crippen LogP contribution in [0, 0.1) is 0 Å². The number of hydrogen-bond donors (Lipinski definition) is 1. The van der Waals surface area contributed by atoms with Gasteiger partial charge in [-0.3, -0.25) is 9.69 Å². The van der Waals surface area contributed by atoms with E-state index in [-0.39, 0.29) is 12.3 Å². The lowest BCUT2D eigenvalue weighted by molar-refractivity contribution is -0.121. The van der Waals surface area contributed by atoms with Crippen molar-refractivity contribution in [3.05, 3.63) is 54.1 Å². The Hall–Kier alpha value is -3.17. The minimum Gasteiger partial charge on any atom is -0.492 e. The summed E-state index contributed by atoms with van der Waals surface area (Å²) in [4.78, 5) is 18.8. The second-order valence-electron chi connectivity index (χ2n) is 8.09. The van der Waals surface area contributed by atoms with E-state index in [4.69, 9.17) is 18.4 Å². The van der Waals surface area contributed by atoms with Crippen LogP contribution < -0.4 is 10.1 Å². The predicted molar refractivity (Wildman–Crippen MR) is 121 cm³/mol. The first-order valence-corrected chi connectivity index (χ1v) is 11.3. The van der Waals surface area contributed by atoms with Gasteiger partial charge in [0.1, 0.15) is 12.4 Å². The van der Waals surface area contributed by atoms with Gasteiger partial charge in [0.25, 0.3) is 0 Å². The zero-order valence-corrected chi connectivity index (χ0v) is 18.9. The molecule has 1 saturated heterocycles. The molecule has 1 fully saturated rings. The maximum atomic E-state index is 12.2. The molecule has 0 aliphatic carbocycles. The van der Waals surface area contributed by atoms with E-state index in [1.54, 1.807) is 18.4 Å². The number of hydrogen-bond acceptors (Lipinski definition) is 8. The Morgan fingerprint density at radius 2 is 2.12 bits per heavy atom. The van der Waals surface area contributed by atoms with Crippen molar-refractivity contribution in [2.24, 2.45) is 0 Å². The van der Waals surface area contributed by atoms with Crippen molar-refractivity contribution in [2.75, 3.05) is 33.4 Å². The fourth-order valence-electron chi connectivity index (χ4n) is 3.73. The Morgan fingerprint density at radius 3 is 2.94 bits per heavy atom. The van der Waals surface area contributed by atoms with Gasteiger partial charge in [0.05, 0.1) is 6.26 Å². The van der Waals surface area contributed by atoms with Crippen LogP contribution in [0.1, 0.15) is 30.7 Å². The van der Waals surface area contributed by atoms with Crippen molar-refractivity contribution in [3.63, 3.8) is 0 Å². The van der Waals surface area contributed by atoms with E-state index in [0.717, 1.165) is 43.9 Å². The van der Waals surface area contributed by atoms with Crippen LogP contribution >= 0.6 is 0 Å². The third kappa shape index (κ3) is 6.90. The molecule has 0 radical (unpaired) electrons. The molecule has 1 aliphatic heterocycles. The van der Waals surface area contributed by atoms with Crippen LogP contribution in [-0.4, -0.2) is 60.4 Å². The van der Waals surface area contributed by atoms with E-state index in [0.29, 0.717) is 43.1 Å². The second-order valence-corrected chi connectivity index (χ2v) is 8.09. The number of carbonyl (C=O) groups excluding carboxylic acids is 1. The van der Waals surface area contributed by atoms with Crippen molar-refractivity contribution in [3.8, 4) is 17.3 Å². The molecule has 9 heteroatoms. The standard InChI is InChI=1S/C24H30N4O5/c1-28(19-9-13-30-14-10-19)11-15-31-20-5-2-4-18(16-20)17-25-22(29)7-8-23-26-24(27-33-23)21-6-3-12-32-21/h2-6,12,16,19H,7-11,13-15,17H2,1H3,(H,25,29). The molecular weight excluding hydrogens is 424 g/mol. The predicted octanol–water partition coefficient (Wildman–Crippen LogP) is 3.07. The molecule has 0 unspecified atom stereocenters. The summed E-state index contributed by atoms with van der Waals surface area (Å²) < 4.78 is 21.8.